The molecule has 3 aromatic carbocycles. The van der Waals surface area contributed by atoms with Gasteiger partial charge in [-0.15, -0.1) is 0 Å². The van der Waals surface area contributed by atoms with Gasteiger partial charge in [-0.05, 0) is 23.9 Å². The molecule has 24 heavy (non-hydrogen) atoms. The number of rotatable bonds is 7. The lowest BCUT2D eigenvalue weighted by molar-refractivity contribution is 0.105. The molecule has 0 saturated heterocycles. The molecule has 124 valence electrons. The van der Waals surface area contributed by atoms with E-state index in [0.717, 1.165) is 16.5 Å². The second kappa shape index (κ2) is 7.95. The number of hydrogen-bond acceptors (Lipinski definition) is 3. The molecular formula is C21H23NO2. The molecule has 0 spiro atoms. The van der Waals surface area contributed by atoms with E-state index in [0.29, 0.717) is 6.54 Å². The summed E-state index contributed by atoms with van der Waals surface area (Å²) >= 11 is 0. The maximum absolute atomic E-state index is 10.2. The van der Waals surface area contributed by atoms with Crippen LogP contribution in [0.15, 0.2) is 72.8 Å². The minimum atomic E-state index is -0.560. The average molecular weight is 321 g/mol. The second-order valence-corrected chi connectivity index (χ2v) is 5.98. The predicted molar refractivity (Wildman–Crippen MR) is 98.3 cm³/mol. The van der Waals surface area contributed by atoms with Crippen molar-refractivity contribution in [3.63, 3.8) is 0 Å². The van der Waals surface area contributed by atoms with Gasteiger partial charge in [0.05, 0.1) is 0 Å². The topological polar surface area (TPSA) is 41.5 Å². The van der Waals surface area contributed by atoms with E-state index in [2.05, 4.69) is 36.5 Å². The minimum absolute atomic E-state index is 0.193. The monoisotopic (exact) mass is 321 g/mol. The second-order valence-electron chi connectivity index (χ2n) is 5.98. The lowest BCUT2D eigenvalue weighted by Crippen LogP contribution is -2.33. The van der Waals surface area contributed by atoms with Gasteiger partial charge in [0, 0.05) is 18.0 Å². The predicted octanol–water partition coefficient (Wildman–Crippen LogP) is 3.93. The van der Waals surface area contributed by atoms with E-state index in [9.17, 15) is 5.11 Å². The summed E-state index contributed by atoms with van der Waals surface area (Å²) in [7, 11) is 0. The zero-order valence-electron chi connectivity index (χ0n) is 13.9. The first-order chi connectivity index (χ1) is 11.7. The van der Waals surface area contributed by atoms with Crippen LogP contribution in [0.2, 0.25) is 0 Å². The Hall–Kier alpha value is -2.36. The molecule has 0 aliphatic carbocycles. The largest absolute Gasteiger partial charge is 0.490 e. The van der Waals surface area contributed by atoms with Crippen LogP contribution in [0.25, 0.3) is 10.8 Å². The molecule has 0 radical (unpaired) electrons. The fourth-order valence-electron chi connectivity index (χ4n) is 2.74. The summed E-state index contributed by atoms with van der Waals surface area (Å²) in [6, 6.07) is 24.5. The third kappa shape index (κ3) is 4.13. The SMILES string of the molecule is CC(NCC(O)COc1cccc2ccccc12)c1ccccc1. The van der Waals surface area contributed by atoms with E-state index in [-0.39, 0.29) is 12.6 Å². The van der Waals surface area contributed by atoms with Gasteiger partial charge in [0.2, 0.25) is 0 Å². The summed E-state index contributed by atoms with van der Waals surface area (Å²) < 4.78 is 5.83. The van der Waals surface area contributed by atoms with Gasteiger partial charge in [0.25, 0.3) is 0 Å². The van der Waals surface area contributed by atoms with E-state index < -0.39 is 6.10 Å². The van der Waals surface area contributed by atoms with E-state index in [1.807, 2.05) is 48.5 Å². The van der Waals surface area contributed by atoms with Crippen molar-refractivity contribution in [2.24, 2.45) is 0 Å². The first-order valence-electron chi connectivity index (χ1n) is 8.31. The molecule has 0 heterocycles. The fourth-order valence-corrected chi connectivity index (χ4v) is 2.74. The van der Waals surface area contributed by atoms with Gasteiger partial charge < -0.3 is 15.2 Å². The van der Waals surface area contributed by atoms with Gasteiger partial charge in [-0.25, -0.2) is 0 Å². The summed E-state index contributed by atoms with van der Waals surface area (Å²) in [4.78, 5) is 0. The molecule has 0 aliphatic heterocycles. The Balaban J connectivity index is 1.53. The lowest BCUT2D eigenvalue weighted by Gasteiger charge is -2.18. The van der Waals surface area contributed by atoms with Crippen molar-refractivity contribution in [3.05, 3.63) is 78.4 Å². The third-order valence-corrected chi connectivity index (χ3v) is 4.14. The Labute approximate surface area is 142 Å². The van der Waals surface area contributed by atoms with E-state index in [1.165, 1.54) is 5.56 Å². The average Bonchev–Trinajstić information content (AvgIpc) is 2.65. The van der Waals surface area contributed by atoms with Crippen LogP contribution < -0.4 is 10.1 Å². The first kappa shape index (κ1) is 16.5. The number of ether oxygens (including phenoxy) is 1. The highest BCUT2D eigenvalue weighted by Crippen LogP contribution is 2.25. The molecule has 0 aromatic heterocycles. The first-order valence-corrected chi connectivity index (χ1v) is 8.31. The molecule has 3 aromatic rings. The number of nitrogens with one attached hydrogen (secondary N) is 1. The summed E-state index contributed by atoms with van der Waals surface area (Å²) in [5, 5.41) is 15.7. The Morgan fingerprint density at radius 2 is 1.62 bits per heavy atom. The van der Waals surface area contributed by atoms with Crippen LogP contribution in [0.5, 0.6) is 5.75 Å². The van der Waals surface area contributed by atoms with Crippen LogP contribution in [0.4, 0.5) is 0 Å². The number of fused-ring (bicyclic) bond motifs is 1. The van der Waals surface area contributed by atoms with Crippen molar-refractivity contribution in [2.45, 2.75) is 19.1 Å². The van der Waals surface area contributed by atoms with Gasteiger partial charge in [0.15, 0.2) is 0 Å². The zero-order valence-corrected chi connectivity index (χ0v) is 13.9. The highest BCUT2D eigenvalue weighted by atomic mass is 16.5. The molecule has 0 amide bonds. The Morgan fingerprint density at radius 3 is 2.46 bits per heavy atom. The van der Waals surface area contributed by atoms with Crippen LogP contribution in [0.1, 0.15) is 18.5 Å². The minimum Gasteiger partial charge on any atom is -0.490 e. The maximum Gasteiger partial charge on any atom is 0.127 e. The van der Waals surface area contributed by atoms with Crippen LogP contribution in [0, 0.1) is 0 Å². The van der Waals surface area contributed by atoms with Crippen LogP contribution in [-0.2, 0) is 0 Å². The standard InChI is InChI=1S/C21H23NO2/c1-16(17-8-3-2-4-9-17)22-14-19(23)15-24-21-13-7-11-18-10-5-6-12-20(18)21/h2-13,16,19,22-23H,14-15H2,1H3. The molecule has 0 fully saturated rings. The maximum atomic E-state index is 10.2. The smallest absolute Gasteiger partial charge is 0.127 e. The number of aliphatic hydroxyl groups is 1. The molecule has 2 atom stereocenters. The Morgan fingerprint density at radius 1 is 0.917 bits per heavy atom. The Bertz CT molecular complexity index is 768. The van der Waals surface area contributed by atoms with Crippen molar-refractivity contribution >= 4 is 10.8 Å². The molecular weight excluding hydrogens is 298 g/mol. The van der Waals surface area contributed by atoms with Crippen molar-refractivity contribution in [1.29, 1.82) is 0 Å². The summed E-state index contributed by atoms with van der Waals surface area (Å²) in [6.07, 6.45) is -0.560. The zero-order chi connectivity index (χ0) is 16.8. The number of hydrogen-bond donors (Lipinski definition) is 2. The van der Waals surface area contributed by atoms with Crippen molar-refractivity contribution < 1.29 is 9.84 Å². The van der Waals surface area contributed by atoms with E-state index in [1.54, 1.807) is 0 Å². The number of aliphatic hydroxyl groups excluding tert-OH is 1. The molecule has 0 aliphatic rings. The molecule has 3 nitrogen and oxygen atoms in total. The van der Waals surface area contributed by atoms with Crippen molar-refractivity contribution in [2.75, 3.05) is 13.2 Å². The van der Waals surface area contributed by atoms with Crippen LogP contribution >= 0.6 is 0 Å². The van der Waals surface area contributed by atoms with E-state index in [4.69, 9.17) is 4.74 Å². The van der Waals surface area contributed by atoms with Crippen molar-refractivity contribution in [1.82, 2.24) is 5.32 Å². The fraction of sp³-hybridized carbons (Fsp3) is 0.238. The summed E-state index contributed by atoms with van der Waals surface area (Å²) in [5.74, 6) is 0.809. The van der Waals surface area contributed by atoms with E-state index >= 15 is 0 Å². The molecule has 2 N–H and O–H groups in total. The molecule has 0 bridgehead atoms. The van der Waals surface area contributed by atoms with Crippen molar-refractivity contribution in [3.8, 4) is 5.75 Å². The van der Waals surface area contributed by atoms with Crippen LogP contribution in [-0.4, -0.2) is 24.4 Å². The van der Waals surface area contributed by atoms with Gasteiger partial charge in [-0.2, -0.15) is 0 Å². The van der Waals surface area contributed by atoms with Gasteiger partial charge in [-0.1, -0.05) is 66.7 Å². The van der Waals surface area contributed by atoms with Gasteiger partial charge in [-0.3, -0.25) is 0 Å². The summed E-state index contributed by atoms with van der Waals surface area (Å²) in [5.41, 5.74) is 1.21. The van der Waals surface area contributed by atoms with Crippen LogP contribution in [0.3, 0.4) is 0 Å². The molecule has 3 heteroatoms. The third-order valence-electron chi connectivity index (χ3n) is 4.14. The Kier molecular flexibility index (Phi) is 5.47. The van der Waals surface area contributed by atoms with Gasteiger partial charge in [0.1, 0.15) is 18.5 Å². The lowest BCUT2D eigenvalue weighted by atomic mass is 10.1. The van der Waals surface area contributed by atoms with Gasteiger partial charge >= 0.3 is 0 Å². The molecule has 0 saturated carbocycles. The molecule has 3 rings (SSSR count). The molecule has 2 unspecified atom stereocenters. The summed E-state index contributed by atoms with van der Waals surface area (Å²) in [6.45, 7) is 2.84. The normalized spacial score (nSPS) is 13.6. The number of benzene rings is 3. The quantitative estimate of drug-likeness (QED) is 0.693. The highest BCUT2D eigenvalue weighted by molar-refractivity contribution is 5.88. The highest BCUT2D eigenvalue weighted by Gasteiger charge is 2.10.